The molecule has 27 heavy (non-hydrogen) atoms. The maximum absolute atomic E-state index is 12.6. The van der Waals surface area contributed by atoms with Crippen molar-refractivity contribution >= 4 is 27.7 Å². The van der Waals surface area contributed by atoms with Crippen LogP contribution in [0.3, 0.4) is 0 Å². The third-order valence-corrected chi connectivity index (χ3v) is 6.36. The third-order valence-electron chi connectivity index (χ3n) is 4.23. The van der Waals surface area contributed by atoms with E-state index < -0.39 is 16.1 Å². The summed E-state index contributed by atoms with van der Waals surface area (Å²) in [4.78, 5) is 12.8. The molecule has 7 heteroatoms. The Kier molecular flexibility index (Phi) is 8.34. The van der Waals surface area contributed by atoms with Crippen LogP contribution in [0, 0.1) is 0 Å². The highest BCUT2D eigenvalue weighted by molar-refractivity contribution is 7.98. The van der Waals surface area contributed by atoms with E-state index in [-0.39, 0.29) is 16.7 Å². The van der Waals surface area contributed by atoms with Crippen molar-refractivity contribution in [3.05, 3.63) is 66.2 Å². The first-order valence-electron chi connectivity index (χ1n) is 8.83. The minimum atomic E-state index is -3.75. The highest BCUT2D eigenvalue weighted by Gasteiger charge is 2.25. The van der Waals surface area contributed by atoms with Crippen LogP contribution in [0.5, 0.6) is 0 Å². The lowest BCUT2D eigenvalue weighted by atomic mass is 10.0. The van der Waals surface area contributed by atoms with E-state index in [0.29, 0.717) is 18.7 Å². The summed E-state index contributed by atoms with van der Waals surface area (Å²) in [6.07, 6.45) is 2.36. The maximum Gasteiger partial charge on any atom is 0.241 e. The topological polar surface area (TPSA) is 75.3 Å². The predicted octanol–water partition coefficient (Wildman–Crippen LogP) is 3.01. The molecule has 0 radical (unpaired) electrons. The number of hydrogen-bond acceptors (Lipinski definition) is 4. The quantitative estimate of drug-likeness (QED) is 0.636. The molecule has 0 spiro atoms. The molecule has 2 aromatic rings. The number of carbonyl (C=O) groups is 1. The van der Waals surface area contributed by atoms with Gasteiger partial charge in [-0.3, -0.25) is 4.79 Å². The minimum Gasteiger partial charge on any atom is -0.354 e. The van der Waals surface area contributed by atoms with Gasteiger partial charge in [0, 0.05) is 6.54 Å². The van der Waals surface area contributed by atoms with Crippen LogP contribution in [-0.2, 0) is 14.8 Å². The fourth-order valence-corrected chi connectivity index (χ4v) is 4.33. The van der Waals surface area contributed by atoms with Crippen LogP contribution in [0.25, 0.3) is 0 Å². The van der Waals surface area contributed by atoms with Crippen molar-refractivity contribution in [2.24, 2.45) is 0 Å². The molecule has 0 aromatic heterocycles. The fraction of sp³-hybridized carbons (Fsp3) is 0.350. The molecule has 2 unspecified atom stereocenters. The van der Waals surface area contributed by atoms with Crippen LogP contribution < -0.4 is 10.0 Å². The van der Waals surface area contributed by atoms with E-state index in [4.69, 9.17) is 0 Å². The van der Waals surface area contributed by atoms with E-state index in [1.165, 1.54) is 12.1 Å². The van der Waals surface area contributed by atoms with Crippen molar-refractivity contribution in [3.8, 4) is 0 Å². The number of thioether (sulfide) groups is 1. The Morgan fingerprint density at radius 3 is 2.22 bits per heavy atom. The van der Waals surface area contributed by atoms with Crippen molar-refractivity contribution in [2.75, 3.05) is 18.6 Å². The molecule has 0 heterocycles. The predicted molar refractivity (Wildman–Crippen MR) is 111 cm³/mol. The molecule has 0 fully saturated rings. The summed E-state index contributed by atoms with van der Waals surface area (Å²) in [5, 5.41) is 2.89. The fourth-order valence-electron chi connectivity index (χ4n) is 2.61. The monoisotopic (exact) mass is 406 g/mol. The lowest BCUT2D eigenvalue weighted by molar-refractivity contribution is -0.122. The van der Waals surface area contributed by atoms with Crippen LogP contribution in [0.4, 0.5) is 0 Å². The number of amides is 1. The molecule has 0 saturated carbocycles. The smallest absolute Gasteiger partial charge is 0.241 e. The van der Waals surface area contributed by atoms with Gasteiger partial charge in [0.1, 0.15) is 6.04 Å². The van der Waals surface area contributed by atoms with E-state index in [0.717, 1.165) is 5.56 Å². The van der Waals surface area contributed by atoms with E-state index >= 15 is 0 Å². The molecule has 2 aromatic carbocycles. The minimum absolute atomic E-state index is 0.141. The molecule has 2 atom stereocenters. The normalized spacial score (nSPS) is 13.7. The summed E-state index contributed by atoms with van der Waals surface area (Å²) in [6.45, 7) is 2.48. The number of carbonyl (C=O) groups excluding carboxylic acids is 1. The maximum atomic E-state index is 12.6. The Morgan fingerprint density at radius 1 is 1.04 bits per heavy atom. The van der Waals surface area contributed by atoms with Gasteiger partial charge in [-0.15, -0.1) is 0 Å². The molecular formula is C20H26N2O3S2. The average molecular weight is 407 g/mol. The van der Waals surface area contributed by atoms with Gasteiger partial charge in [-0.2, -0.15) is 16.5 Å². The summed E-state index contributed by atoms with van der Waals surface area (Å²) >= 11 is 1.58. The van der Waals surface area contributed by atoms with Gasteiger partial charge in [0.2, 0.25) is 15.9 Å². The van der Waals surface area contributed by atoms with Crippen molar-refractivity contribution in [2.45, 2.75) is 30.2 Å². The second-order valence-corrected chi connectivity index (χ2v) is 9.02. The molecule has 0 aliphatic rings. The number of hydrogen-bond donors (Lipinski definition) is 2. The Balaban J connectivity index is 2.03. The van der Waals surface area contributed by atoms with Crippen molar-refractivity contribution in [1.29, 1.82) is 0 Å². The Labute approximate surface area is 166 Å². The summed E-state index contributed by atoms with van der Waals surface area (Å²) in [7, 11) is -3.75. The molecule has 0 bridgehead atoms. The molecule has 5 nitrogen and oxygen atoms in total. The number of nitrogens with one attached hydrogen (secondary N) is 2. The molecular weight excluding hydrogens is 380 g/mol. The van der Waals surface area contributed by atoms with Gasteiger partial charge in [0.25, 0.3) is 0 Å². The van der Waals surface area contributed by atoms with Gasteiger partial charge < -0.3 is 5.32 Å². The molecule has 0 saturated heterocycles. The first-order chi connectivity index (χ1) is 12.9. The van der Waals surface area contributed by atoms with Crippen LogP contribution in [0.15, 0.2) is 65.6 Å². The second-order valence-electron chi connectivity index (χ2n) is 6.33. The Morgan fingerprint density at radius 2 is 1.63 bits per heavy atom. The van der Waals surface area contributed by atoms with E-state index in [9.17, 15) is 13.2 Å². The van der Waals surface area contributed by atoms with Crippen molar-refractivity contribution in [3.63, 3.8) is 0 Å². The lowest BCUT2D eigenvalue weighted by Crippen LogP contribution is -2.47. The highest BCUT2D eigenvalue weighted by Crippen LogP contribution is 2.14. The van der Waals surface area contributed by atoms with Gasteiger partial charge in [0.15, 0.2) is 0 Å². The van der Waals surface area contributed by atoms with Gasteiger partial charge in [-0.1, -0.05) is 55.5 Å². The molecule has 1 amide bonds. The van der Waals surface area contributed by atoms with E-state index in [2.05, 4.69) is 10.0 Å². The molecule has 0 aliphatic heterocycles. The number of sulfonamides is 1. The van der Waals surface area contributed by atoms with Crippen LogP contribution >= 0.6 is 11.8 Å². The zero-order chi connectivity index (χ0) is 19.7. The standard InChI is InChI=1S/C20H26N2O3S2/c1-16(17-9-5-3-6-10-17)15-21-20(23)19(13-14-26-2)22-27(24,25)18-11-7-4-8-12-18/h3-12,16,19,22H,13-15H2,1-2H3,(H,21,23). The van der Waals surface area contributed by atoms with Crippen molar-refractivity contribution < 1.29 is 13.2 Å². The van der Waals surface area contributed by atoms with E-state index in [1.807, 2.05) is 43.5 Å². The number of rotatable bonds is 10. The first-order valence-corrected chi connectivity index (χ1v) is 11.7. The average Bonchev–Trinajstić information content (AvgIpc) is 2.70. The van der Waals surface area contributed by atoms with Gasteiger partial charge in [-0.25, -0.2) is 8.42 Å². The molecule has 146 valence electrons. The summed E-state index contributed by atoms with van der Waals surface area (Å²) in [6, 6.07) is 17.2. The van der Waals surface area contributed by atoms with Gasteiger partial charge >= 0.3 is 0 Å². The van der Waals surface area contributed by atoms with Crippen LogP contribution in [-0.4, -0.2) is 38.9 Å². The zero-order valence-electron chi connectivity index (χ0n) is 15.6. The number of benzene rings is 2. The summed E-state index contributed by atoms with van der Waals surface area (Å²) in [5.74, 6) is 0.525. The van der Waals surface area contributed by atoms with Gasteiger partial charge in [-0.05, 0) is 42.0 Å². The zero-order valence-corrected chi connectivity index (χ0v) is 17.2. The lowest BCUT2D eigenvalue weighted by Gasteiger charge is -2.20. The third kappa shape index (κ3) is 6.68. The summed E-state index contributed by atoms with van der Waals surface area (Å²) in [5.41, 5.74) is 1.13. The first kappa shape index (κ1) is 21.5. The summed E-state index contributed by atoms with van der Waals surface area (Å²) < 4.78 is 27.7. The Bertz CT molecular complexity index is 812. The Hall–Kier alpha value is -1.83. The molecule has 0 aliphatic carbocycles. The van der Waals surface area contributed by atoms with Crippen LogP contribution in [0.2, 0.25) is 0 Å². The second kappa shape index (κ2) is 10.5. The highest BCUT2D eigenvalue weighted by atomic mass is 32.2. The van der Waals surface area contributed by atoms with E-state index in [1.54, 1.807) is 30.0 Å². The SMILES string of the molecule is CSCCC(NS(=O)(=O)c1ccccc1)C(=O)NCC(C)c1ccccc1. The molecule has 2 N–H and O–H groups in total. The molecule has 2 rings (SSSR count). The van der Waals surface area contributed by atoms with Crippen molar-refractivity contribution in [1.82, 2.24) is 10.0 Å². The van der Waals surface area contributed by atoms with Gasteiger partial charge in [0.05, 0.1) is 4.90 Å². The van der Waals surface area contributed by atoms with Crippen LogP contribution in [0.1, 0.15) is 24.8 Å². The largest absolute Gasteiger partial charge is 0.354 e.